The molecule has 2 heterocycles. The molecule has 0 saturated carbocycles. The van der Waals surface area contributed by atoms with Crippen molar-refractivity contribution in [1.82, 2.24) is 9.88 Å². The third kappa shape index (κ3) is 2.51. The van der Waals surface area contributed by atoms with Gasteiger partial charge in [-0.05, 0) is 37.3 Å². The molecule has 3 nitrogen and oxygen atoms in total. The van der Waals surface area contributed by atoms with Crippen molar-refractivity contribution in [3.05, 3.63) is 69.9 Å². The van der Waals surface area contributed by atoms with Crippen LogP contribution in [-0.2, 0) is 13.0 Å². The van der Waals surface area contributed by atoms with Gasteiger partial charge in [0, 0.05) is 52.3 Å². The van der Waals surface area contributed by atoms with Gasteiger partial charge in [0.25, 0.3) is 5.91 Å². The molecule has 2 aromatic carbocycles. The van der Waals surface area contributed by atoms with Crippen molar-refractivity contribution in [1.29, 1.82) is 0 Å². The minimum atomic E-state index is 0.0898. The van der Waals surface area contributed by atoms with Gasteiger partial charge in [0.15, 0.2) is 0 Å². The highest BCUT2D eigenvalue weighted by Crippen LogP contribution is 2.30. The van der Waals surface area contributed by atoms with Crippen LogP contribution in [0.25, 0.3) is 10.9 Å². The van der Waals surface area contributed by atoms with Crippen molar-refractivity contribution < 1.29 is 4.79 Å². The number of aryl methyl sites for hydroxylation is 1. The molecule has 4 heteroatoms. The van der Waals surface area contributed by atoms with Crippen LogP contribution >= 0.6 is 11.6 Å². The summed E-state index contributed by atoms with van der Waals surface area (Å²) in [5, 5.41) is 1.84. The van der Waals surface area contributed by atoms with Crippen molar-refractivity contribution in [2.45, 2.75) is 19.9 Å². The largest absolute Gasteiger partial charge is 0.358 e. The number of aromatic amines is 1. The van der Waals surface area contributed by atoms with Crippen LogP contribution in [0.3, 0.4) is 0 Å². The number of fused-ring (bicyclic) bond motifs is 3. The molecule has 0 saturated heterocycles. The van der Waals surface area contributed by atoms with Gasteiger partial charge in [0.2, 0.25) is 0 Å². The first-order chi connectivity index (χ1) is 11.1. The van der Waals surface area contributed by atoms with Gasteiger partial charge >= 0.3 is 0 Å². The lowest BCUT2D eigenvalue weighted by atomic mass is 10.0. The van der Waals surface area contributed by atoms with Crippen LogP contribution in [0.5, 0.6) is 0 Å². The van der Waals surface area contributed by atoms with Crippen LogP contribution in [0.2, 0.25) is 5.02 Å². The van der Waals surface area contributed by atoms with Gasteiger partial charge in [-0.2, -0.15) is 0 Å². The molecule has 0 atom stereocenters. The fourth-order valence-electron chi connectivity index (χ4n) is 3.24. The van der Waals surface area contributed by atoms with E-state index in [4.69, 9.17) is 11.6 Å². The molecule has 1 N–H and O–H groups in total. The van der Waals surface area contributed by atoms with Gasteiger partial charge < -0.3 is 9.88 Å². The topological polar surface area (TPSA) is 36.1 Å². The van der Waals surface area contributed by atoms with Crippen molar-refractivity contribution in [2.24, 2.45) is 0 Å². The summed E-state index contributed by atoms with van der Waals surface area (Å²) in [6.45, 7) is 3.39. The Balaban J connectivity index is 1.67. The number of benzene rings is 2. The number of aromatic nitrogens is 1. The fourth-order valence-corrected chi connectivity index (χ4v) is 3.41. The van der Waals surface area contributed by atoms with E-state index in [1.165, 1.54) is 11.3 Å². The van der Waals surface area contributed by atoms with E-state index in [0.717, 1.165) is 40.0 Å². The van der Waals surface area contributed by atoms with Crippen molar-refractivity contribution in [2.75, 3.05) is 6.54 Å². The quantitative estimate of drug-likeness (QED) is 0.710. The molecule has 0 fully saturated rings. The second-order valence-electron chi connectivity index (χ2n) is 6.11. The second-order valence-corrected chi connectivity index (χ2v) is 6.55. The zero-order valence-corrected chi connectivity index (χ0v) is 13.7. The molecule has 1 aromatic heterocycles. The molecule has 116 valence electrons. The van der Waals surface area contributed by atoms with Crippen LogP contribution in [0.15, 0.2) is 42.5 Å². The number of nitrogens with one attached hydrogen (secondary N) is 1. The number of hydrogen-bond acceptors (Lipinski definition) is 1. The van der Waals surface area contributed by atoms with Crippen molar-refractivity contribution in [3.8, 4) is 0 Å². The van der Waals surface area contributed by atoms with E-state index < -0.39 is 0 Å². The molecule has 0 bridgehead atoms. The van der Waals surface area contributed by atoms with E-state index in [1.807, 2.05) is 54.3 Å². The third-order valence-electron chi connectivity index (χ3n) is 4.52. The average molecular weight is 325 g/mol. The Bertz CT molecular complexity index is 896. The predicted molar refractivity (Wildman–Crippen MR) is 92.9 cm³/mol. The number of amides is 1. The van der Waals surface area contributed by atoms with Crippen molar-refractivity contribution >= 4 is 28.4 Å². The maximum absolute atomic E-state index is 12.7. The Labute approximate surface area is 139 Å². The lowest BCUT2D eigenvalue weighted by Gasteiger charge is -2.27. The van der Waals surface area contributed by atoms with E-state index in [-0.39, 0.29) is 5.91 Å². The van der Waals surface area contributed by atoms with Gasteiger partial charge in [0.05, 0.1) is 0 Å². The van der Waals surface area contributed by atoms with Gasteiger partial charge in [-0.25, -0.2) is 0 Å². The van der Waals surface area contributed by atoms with E-state index in [9.17, 15) is 4.79 Å². The number of H-pyrrole nitrogens is 1. The highest BCUT2D eigenvalue weighted by atomic mass is 35.5. The Morgan fingerprint density at radius 2 is 1.96 bits per heavy atom. The van der Waals surface area contributed by atoms with E-state index in [2.05, 4.69) is 4.98 Å². The zero-order valence-electron chi connectivity index (χ0n) is 12.9. The molecule has 4 rings (SSSR count). The molecule has 0 aliphatic carbocycles. The summed E-state index contributed by atoms with van der Waals surface area (Å²) in [6, 6.07) is 13.6. The van der Waals surface area contributed by atoms with Gasteiger partial charge in [0.1, 0.15) is 0 Å². The number of hydrogen-bond donors (Lipinski definition) is 1. The summed E-state index contributed by atoms with van der Waals surface area (Å²) in [4.78, 5) is 18.1. The lowest BCUT2D eigenvalue weighted by molar-refractivity contribution is 0.0735. The van der Waals surface area contributed by atoms with Crippen LogP contribution in [0, 0.1) is 6.92 Å². The summed E-state index contributed by atoms with van der Waals surface area (Å²) in [5.74, 6) is 0.0898. The smallest absolute Gasteiger partial charge is 0.254 e. The fraction of sp³-hybridized carbons (Fsp3) is 0.211. The first-order valence-corrected chi connectivity index (χ1v) is 8.14. The molecule has 3 aromatic rings. The zero-order chi connectivity index (χ0) is 16.0. The van der Waals surface area contributed by atoms with E-state index in [1.54, 1.807) is 0 Å². The predicted octanol–water partition coefficient (Wildman–Crippen LogP) is 4.33. The highest BCUT2D eigenvalue weighted by Gasteiger charge is 2.24. The van der Waals surface area contributed by atoms with Gasteiger partial charge in [-0.3, -0.25) is 4.79 Å². The Hall–Kier alpha value is -2.26. The lowest BCUT2D eigenvalue weighted by Crippen LogP contribution is -2.35. The summed E-state index contributed by atoms with van der Waals surface area (Å²) in [7, 11) is 0. The number of carbonyl (C=O) groups is 1. The van der Waals surface area contributed by atoms with Crippen LogP contribution in [0.1, 0.15) is 27.2 Å². The SMILES string of the molecule is Cc1ccc(C(=O)N2CCc3[nH]c4ccc(Cl)cc4c3C2)cc1. The Morgan fingerprint density at radius 1 is 1.17 bits per heavy atom. The standard InChI is InChI=1S/C19H17ClN2O/c1-12-2-4-13(5-3-12)19(23)22-9-8-18-16(11-22)15-10-14(20)6-7-17(15)21-18/h2-7,10,21H,8-9,11H2,1H3. The van der Waals surface area contributed by atoms with Crippen LogP contribution in [-0.4, -0.2) is 22.3 Å². The number of rotatable bonds is 1. The summed E-state index contributed by atoms with van der Waals surface area (Å²) in [5.41, 5.74) is 5.40. The minimum absolute atomic E-state index is 0.0898. The second kappa shape index (κ2) is 5.43. The molecule has 1 aliphatic rings. The summed E-state index contributed by atoms with van der Waals surface area (Å²) < 4.78 is 0. The van der Waals surface area contributed by atoms with Gasteiger partial charge in [-0.1, -0.05) is 29.3 Å². The highest BCUT2D eigenvalue weighted by molar-refractivity contribution is 6.31. The number of nitrogens with zero attached hydrogens (tertiary/aromatic N) is 1. The molecule has 0 unspecified atom stereocenters. The average Bonchev–Trinajstić information content (AvgIpc) is 2.92. The Morgan fingerprint density at radius 3 is 2.74 bits per heavy atom. The Kier molecular flexibility index (Phi) is 3.38. The maximum Gasteiger partial charge on any atom is 0.254 e. The summed E-state index contributed by atoms with van der Waals surface area (Å²) in [6.07, 6.45) is 0.846. The molecular formula is C19H17ClN2O. The third-order valence-corrected chi connectivity index (χ3v) is 4.76. The van der Waals surface area contributed by atoms with E-state index >= 15 is 0 Å². The van der Waals surface area contributed by atoms with Crippen molar-refractivity contribution in [3.63, 3.8) is 0 Å². The number of carbonyl (C=O) groups excluding carboxylic acids is 1. The molecular weight excluding hydrogens is 308 g/mol. The first-order valence-electron chi connectivity index (χ1n) is 7.77. The maximum atomic E-state index is 12.7. The molecule has 0 radical (unpaired) electrons. The summed E-state index contributed by atoms with van der Waals surface area (Å²) >= 11 is 6.13. The molecule has 1 aliphatic heterocycles. The normalized spacial score (nSPS) is 14.1. The first kappa shape index (κ1) is 14.3. The molecule has 23 heavy (non-hydrogen) atoms. The molecule has 0 spiro atoms. The van der Waals surface area contributed by atoms with Crippen LogP contribution < -0.4 is 0 Å². The van der Waals surface area contributed by atoms with Crippen LogP contribution in [0.4, 0.5) is 0 Å². The molecule has 1 amide bonds. The van der Waals surface area contributed by atoms with Gasteiger partial charge in [-0.15, -0.1) is 0 Å². The monoisotopic (exact) mass is 324 g/mol. The van der Waals surface area contributed by atoms with E-state index in [0.29, 0.717) is 6.54 Å². The number of halogens is 1. The minimum Gasteiger partial charge on any atom is -0.358 e.